The van der Waals surface area contributed by atoms with E-state index in [-0.39, 0.29) is 17.7 Å². The van der Waals surface area contributed by atoms with Gasteiger partial charge < -0.3 is 15.4 Å². The molecule has 0 fully saturated rings. The van der Waals surface area contributed by atoms with E-state index >= 15 is 0 Å². The number of amides is 2. The molecule has 3 aromatic carbocycles. The van der Waals surface area contributed by atoms with Gasteiger partial charge in [-0.1, -0.05) is 61.5 Å². The first-order valence-electron chi connectivity index (χ1n) is 10.2. The van der Waals surface area contributed by atoms with E-state index in [0.717, 1.165) is 5.56 Å². The molecule has 0 aliphatic carbocycles. The van der Waals surface area contributed by atoms with Crippen LogP contribution < -0.4 is 15.4 Å². The average Bonchev–Trinajstić information content (AvgIpc) is 2.79. The van der Waals surface area contributed by atoms with Crippen molar-refractivity contribution in [3.05, 3.63) is 95.8 Å². The molecule has 0 radical (unpaired) electrons. The van der Waals surface area contributed by atoms with E-state index in [1.807, 2.05) is 37.3 Å². The lowest BCUT2D eigenvalue weighted by Crippen LogP contribution is -2.34. The molecular weight excluding hydrogens is 395 g/mol. The Morgan fingerprint density at radius 3 is 2.29 bits per heavy atom. The van der Waals surface area contributed by atoms with Gasteiger partial charge in [-0.05, 0) is 43.2 Å². The number of carbonyl (C=O) groups is 2. The van der Waals surface area contributed by atoms with Crippen LogP contribution in [0.5, 0.6) is 5.75 Å². The highest BCUT2D eigenvalue weighted by molar-refractivity contribution is 6.04. The van der Waals surface area contributed by atoms with E-state index < -0.39 is 17.8 Å². The molecule has 0 aliphatic rings. The fraction of sp³-hybridized carbons (Fsp3) is 0.200. The average molecular weight is 420 g/mol. The summed E-state index contributed by atoms with van der Waals surface area (Å²) in [5.41, 5.74) is 1.67. The SMILES string of the molecule is CC[C@H](Oc1ccccc1F)C(=O)Nc1ccccc1C(=O)N[C@H](C)c1ccccc1. The number of rotatable bonds is 8. The largest absolute Gasteiger partial charge is 0.478 e. The van der Waals surface area contributed by atoms with Crippen molar-refractivity contribution in [3.8, 4) is 5.75 Å². The van der Waals surface area contributed by atoms with Crippen LogP contribution in [0.4, 0.5) is 10.1 Å². The van der Waals surface area contributed by atoms with E-state index in [0.29, 0.717) is 17.7 Å². The third-order valence-electron chi connectivity index (χ3n) is 4.85. The highest BCUT2D eigenvalue weighted by atomic mass is 19.1. The number of anilines is 1. The molecule has 0 heterocycles. The number of carbonyl (C=O) groups excluding carboxylic acids is 2. The summed E-state index contributed by atoms with van der Waals surface area (Å²) in [5, 5.41) is 5.69. The Balaban J connectivity index is 1.72. The summed E-state index contributed by atoms with van der Waals surface area (Å²) in [4.78, 5) is 25.7. The van der Waals surface area contributed by atoms with Crippen molar-refractivity contribution in [2.45, 2.75) is 32.4 Å². The number of hydrogen-bond donors (Lipinski definition) is 2. The zero-order valence-electron chi connectivity index (χ0n) is 17.5. The van der Waals surface area contributed by atoms with Crippen molar-refractivity contribution in [2.24, 2.45) is 0 Å². The van der Waals surface area contributed by atoms with Gasteiger partial charge in [0.2, 0.25) is 0 Å². The number of benzene rings is 3. The maximum atomic E-state index is 13.9. The molecule has 3 aromatic rings. The third-order valence-corrected chi connectivity index (χ3v) is 4.85. The van der Waals surface area contributed by atoms with E-state index in [1.54, 1.807) is 43.3 Å². The Bertz CT molecular complexity index is 1040. The first kappa shape index (κ1) is 22.0. The van der Waals surface area contributed by atoms with Gasteiger partial charge in [0.1, 0.15) is 0 Å². The van der Waals surface area contributed by atoms with Crippen LogP contribution in [0.2, 0.25) is 0 Å². The van der Waals surface area contributed by atoms with Gasteiger partial charge in [0.25, 0.3) is 11.8 Å². The van der Waals surface area contributed by atoms with Gasteiger partial charge in [0.15, 0.2) is 17.7 Å². The van der Waals surface area contributed by atoms with Crippen molar-refractivity contribution >= 4 is 17.5 Å². The molecule has 160 valence electrons. The van der Waals surface area contributed by atoms with Crippen molar-refractivity contribution in [1.82, 2.24) is 5.32 Å². The quantitative estimate of drug-likeness (QED) is 0.532. The zero-order valence-corrected chi connectivity index (χ0v) is 17.5. The molecule has 2 atom stereocenters. The second kappa shape index (κ2) is 10.4. The summed E-state index contributed by atoms with van der Waals surface area (Å²) in [7, 11) is 0. The Hall–Kier alpha value is -3.67. The fourth-order valence-corrected chi connectivity index (χ4v) is 3.12. The van der Waals surface area contributed by atoms with Gasteiger partial charge in [-0.15, -0.1) is 0 Å². The Morgan fingerprint density at radius 1 is 0.935 bits per heavy atom. The standard InChI is InChI=1S/C25H25FN2O3/c1-3-22(31-23-16-10-8-14-20(23)26)25(30)28-21-15-9-7-13-19(21)24(29)27-17(2)18-11-5-4-6-12-18/h4-17,22H,3H2,1-2H3,(H,27,29)(H,28,30)/t17-,22+/m1/s1. The predicted octanol–water partition coefficient (Wildman–Crippen LogP) is 5.11. The minimum absolute atomic E-state index is 0.00668. The minimum Gasteiger partial charge on any atom is -0.478 e. The topological polar surface area (TPSA) is 67.4 Å². The van der Waals surface area contributed by atoms with Gasteiger partial charge in [0.05, 0.1) is 17.3 Å². The minimum atomic E-state index is -0.906. The summed E-state index contributed by atoms with van der Waals surface area (Å²) in [6.45, 7) is 3.66. The number of ether oxygens (including phenoxy) is 1. The molecule has 2 N–H and O–H groups in total. The summed E-state index contributed by atoms with van der Waals surface area (Å²) in [5.74, 6) is -1.30. The monoisotopic (exact) mass is 420 g/mol. The predicted molar refractivity (Wildman–Crippen MR) is 119 cm³/mol. The van der Waals surface area contributed by atoms with Crippen molar-refractivity contribution in [1.29, 1.82) is 0 Å². The van der Waals surface area contributed by atoms with E-state index in [1.165, 1.54) is 12.1 Å². The van der Waals surface area contributed by atoms with Gasteiger partial charge in [-0.2, -0.15) is 0 Å². The van der Waals surface area contributed by atoms with Crippen LogP contribution in [0.25, 0.3) is 0 Å². The highest BCUT2D eigenvalue weighted by Gasteiger charge is 2.22. The van der Waals surface area contributed by atoms with Gasteiger partial charge >= 0.3 is 0 Å². The van der Waals surface area contributed by atoms with Gasteiger partial charge in [-0.25, -0.2) is 4.39 Å². The van der Waals surface area contributed by atoms with Crippen molar-refractivity contribution in [2.75, 3.05) is 5.32 Å². The molecule has 0 unspecified atom stereocenters. The fourth-order valence-electron chi connectivity index (χ4n) is 3.12. The van der Waals surface area contributed by atoms with Gasteiger partial charge in [-0.3, -0.25) is 9.59 Å². The molecule has 5 nitrogen and oxygen atoms in total. The van der Waals surface area contributed by atoms with Crippen LogP contribution in [0.15, 0.2) is 78.9 Å². The molecule has 0 aromatic heterocycles. The van der Waals surface area contributed by atoms with Crippen LogP contribution >= 0.6 is 0 Å². The van der Waals surface area contributed by atoms with E-state index in [4.69, 9.17) is 4.74 Å². The highest BCUT2D eigenvalue weighted by Crippen LogP contribution is 2.21. The molecule has 31 heavy (non-hydrogen) atoms. The molecule has 3 rings (SSSR count). The lowest BCUT2D eigenvalue weighted by atomic mass is 10.1. The Kier molecular flexibility index (Phi) is 7.38. The molecule has 0 saturated carbocycles. The first-order chi connectivity index (χ1) is 15.0. The maximum Gasteiger partial charge on any atom is 0.265 e. The second-order valence-corrected chi connectivity index (χ2v) is 7.09. The molecule has 0 bridgehead atoms. The number of nitrogens with one attached hydrogen (secondary N) is 2. The Morgan fingerprint density at radius 2 is 1.58 bits per heavy atom. The lowest BCUT2D eigenvalue weighted by Gasteiger charge is -2.19. The molecule has 0 saturated heterocycles. The first-order valence-corrected chi connectivity index (χ1v) is 10.2. The number of halogens is 1. The smallest absolute Gasteiger partial charge is 0.265 e. The van der Waals surface area contributed by atoms with E-state index in [9.17, 15) is 14.0 Å². The zero-order chi connectivity index (χ0) is 22.2. The van der Waals surface area contributed by atoms with Crippen LogP contribution in [0.1, 0.15) is 42.2 Å². The number of para-hydroxylation sites is 2. The van der Waals surface area contributed by atoms with Crippen LogP contribution in [0.3, 0.4) is 0 Å². The van der Waals surface area contributed by atoms with Crippen LogP contribution in [-0.2, 0) is 4.79 Å². The molecular formula is C25H25FN2O3. The van der Waals surface area contributed by atoms with Crippen LogP contribution in [0, 0.1) is 5.82 Å². The maximum absolute atomic E-state index is 13.9. The van der Waals surface area contributed by atoms with Crippen molar-refractivity contribution in [3.63, 3.8) is 0 Å². The van der Waals surface area contributed by atoms with Crippen molar-refractivity contribution < 1.29 is 18.7 Å². The Labute approximate surface area is 181 Å². The lowest BCUT2D eigenvalue weighted by molar-refractivity contribution is -0.122. The van der Waals surface area contributed by atoms with Crippen LogP contribution in [-0.4, -0.2) is 17.9 Å². The third kappa shape index (κ3) is 5.69. The number of hydrogen-bond acceptors (Lipinski definition) is 3. The normalized spacial score (nSPS) is 12.5. The van der Waals surface area contributed by atoms with Gasteiger partial charge in [0, 0.05) is 0 Å². The summed E-state index contributed by atoms with van der Waals surface area (Å²) < 4.78 is 19.5. The molecule has 2 amide bonds. The second-order valence-electron chi connectivity index (χ2n) is 7.09. The summed E-state index contributed by atoms with van der Waals surface area (Å²) in [6.07, 6.45) is -0.573. The molecule has 6 heteroatoms. The van der Waals surface area contributed by atoms with E-state index in [2.05, 4.69) is 10.6 Å². The molecule has 0 aliphatic heterocycles. The summed E-state index contributed by atoms with van der Waals surface area (Å²) >= 11 is 0. The molecule has 0 spiro atoms. The summed E-state index contributed by atoms with van der Waals surface area (Å²) in [6, 6.07) is 22.1.